The Labute approximate surface area is 339 Å². The van der Waals surface area contributed by atoms with Gasteiger partial charge in [-0.25, -0.2) is 9.37 Å². The van der Waals surface area contributed by atoms with Crippen LogP contribution in [0.1, 0.15) is 36.7 Å². The van der Waals surface area contributed by atoms with Crippen molar-refractivity contribution in [1.82, 2.24) is 35.3 Å². The second kappa shape index (κ2) is 19.9. The van der Waals surface area contributed by atoms with E-state index in [2.05, 4.69) is 25.8 Å². The van der Waals surface area contributed by atoms with Crippen LogP contribution in [0.3, 0.4) is 0 Å². The smallest absolute Gasteiger partial charge is 0.247 e. The van der Waals surface area contributed by atoms with Gasteiger partial charge in [-0.15, -0.1) is 12.4 Å². The average Bonchev–Trinajstić information content (AvgIpc) is 3.50. The fraction of sp³-hybridized carbons (Fsp3) is 0.425. The maximum absolute atomic E-state index is 15.4. The molecule has 4 aromatic rings. The van der Waals surface area contributed by atoms with Gasteiger partial charge in [0, 0.05) is 55.5 Å². The normalized spacial score (nSPS) is 16.6. The second-order valence-corrected chi connectivity index (χ2v) is 15.0. The minimum atomic E-state index is -0.944. The van der Waals surface area contributed by atoms with Gasteiger partial charge in [-0.2, -0.15) is 0 Å². The average molecular weight is 819 g/mol. The molecule has 0 aliphatic carbocycles. The number of rotatable bonds is 16. The van der Waals surface area contributed by atoms with Crippen molar-refractivity contribution in [3.05, 3.63) is 99.7 Å². The third-order valence-corrected chi connectivity index (χ3v) is 10.4. The second-order valence-electron chi connectivity index (χ2n) is 14.2. The summed E-state index contributed by atoms with van der Waals surface area (Å²) in [7, 11) is 9.23. The first-order chi connectivity index (χ1) is 25.8. The van der Waals surface area contributed by atoms with Gasteiger partial charge in [0.05, 0.1) is 36.6 Å². The number of imidazole rings is 1. The number of ether oxygens (including phenoxy) is 2. The Kier molecular flexibility index (Phi) is 15.9. The SMILES string of the molecule is COCC(NC(=O)C(C)NCc1c(F)cc(Cl)cc1Oc1ccc(-c2cnc(CN(C)C)n2C)cc1)C(=O)N(C)C1(Cc2ccc(Cl)cc2)CCCNC1.Cl. The lowest BCUT2D eigenvalue weighted by Gasteiger charge is -2.46. The predicted molar refractivity (Wildman–Crippen MR) is 218 cm³/mol. The highest BCUT2D eigenvalue weighted by Crippen LogP contribution is 2.33. The van der Waals surface area contributed by atoms with Gasteiger partial charge in [-0.3, -0.25) is 9.59 Å². The molecule has 11 nitrogen and oxygen atoms in total. The largest absolute Gasteiger partial charge is 0.457 e. The fourth-order valence-electron chi connectivity index (χ4n) is 6.75. The van der Waals surface area contributed by atoms with E-state index in [1.807, 2.05) is 68.3 Å². The number of halogens is 4. The van der Waals surface area contributed by atoms with Crippen molar-refractivity contribution in [2.45, 2.75) is 56.9 Å². The van der Waals surface area contributed by atoms with Crippen LogP contribution in [0.15, 0.2) is 66.9 Å². The zero-order valence-electron chi connectivity index (χ0n) is 32.1. The molecule has 0 bridgehead atoms. The van der Waals surface area contributed by atoms with Gasteiger partial charge in [0.1, 0.15) is 29.2 Å². The number of nitrogens with one attached hydrogen (secondary N) is 3. The molecule has 2 amide bonds. The molecule has 3 unspecified atom stereocenters. The number of methoxy groups -OCH3 is 1. The molecule has 5 rings (SSSR count). The Morgan fingerprint density at radius 3 is 2.42 bits per heavy atom. The summed E-state index contributed by atoms with van der Waals surface area (Å²) in [5, 5.41) is 10.2. The summed E-state index contributed by atoms with van der Waals surface area (Å²) in [6.07, 6.45) is 4.14. The molecular formula is C40H51Cl3FN7O4. The van der Waals surface area contributed by atoms with E-state index in [0.29, 0.717) is 30.3 Å². The van der Waals surface area contributed by atoms with E-state index in [4.69, 9.17) is 32.7 Å². The maximum atomic E-state index is 15.4. The Balaban J connectivity index is 0.00000673. The van der Waals surface area contributed by atoms with Crippen LogP contribution in [0.5, 0.6) is 11.5 Å². The van der Waals surface area contributed by atoms with E-state index in [9.17, 15) is 9.59 Å². The number of piperidine rings is 1. The standard InChI is InChI=1S/C40H50Cl2FN7O4.ClH/c1-26(38(51)47-34(24-53-6)39(52)50(5)40(16-7-17-44-25-40)20-27-8-12-29(41)13-9-27)45-21-32-33(43)18-30(42)19-36(32)54-31-14-10-28(11-15-31)35-22-46-37(49(35)4)23-48(2)3;/h8-15,18-19,22,26,34,44-45H,7,16-17,20-21,23-25H2,1-6H3,(H,47,51);1H. The molecule has 1 aromatic heterocycles. The molecule has 0 radical (unpaired) electrons. The zero-order chi connectivity index (χ0) is 39.0. The first kappa shape index (κ1) is 44.0. The van der Waals surface area contributed by atoms with Gasteiger partial charge in [0.15, 0.2) is 0 Å². The highest BCUT2D eigenvalue weighted by Gasteiger charge is 2.41. The van der Waals surface area contributed by atoms with Crippen LogP contribution in [0.2, 0.25) is 10.0 Å². The first-order valence-electron chi connectivity index (χ1n) is 18.0. The van der Waals surface area contributed by atoms with Crippen molar-refractivity contribution in [3.63, 3.8) is 0 Å². The molecule has 1 aliphatic heterocycles. The van der Waals surface area contributed by atoms with Gasteiger partial charge < -0.3 is 39.8 Å². The number of aromatic nitrogens is 2. The number of benzene rings is 3. The number of carbonyl (C=O) groups excluding carboxylic acids is 2. The molecule has 3 aromatic carbocycles. The van der Waals surface area contributed by atoms with Crippen molar-refractivity contribution in [2.24, 2.45) is 7.05 Å². The number of likely N-dealkylation sites (N-methyl/N-ethyl adjacent to an activating group) is 1. The van der Waals surface area contributed by atoms with Crippen molar-refractivity contribution < 1.29 is 23.5 Å². The summed E-state index contributed by atoms with van der Waals surface area (Å²) >= 11 is 12.4. The van der Waals surface area contributed by atoms with Crippen LogP contribution in [-0.4, -0.2) is 96.7 Å². The van der Waals surface area contributed by atoms with Gasteiger partial charge >= 0.3 is 0 Å². The summed E-state index contributed by atoms with van der Waals surface area (Å²) in [4.78, 5) is 35.9. The van der Waals surface area contributed by atoms with E-state index in [1.165, 1.54) is 19.2 Å². The van der Waals surface area contributed by atoms with E-state index in [-0.39, 0.29) is 47.8 Å². The molecule has 55 heavy (non-hydrogen) atoms. The Morgan fingerprint density at radius 1 is 1.07 bits per heavy atom. The van der Waals surface area contributed by atoms with E-state index >= 15 is 4.39 Å². The summed E-state index contributed by atoms with van der Waals surface area (Å²) in [6, 6.07) is 16.1. The lowest BCUT2D eigenvalue weighted by molar-refractivity contribution is -0.142. The molecule has 1 aliphatic rings. The molecule has 298 valence electrons. The topological polar surface area (TPSA) is 113 Å². The third-order valence-electron chi connectivity index (χ3n) is 9.90. The van der Waals surface area contributed by atoms with Crippen LogP contribution in [-0.2, 0) is 40.9 Å². The minimum absolute atomic E-state index is 0. The number of nitrogens with zero attached hydrogens (tertiary/aromatic N) is 4. The number of carbonyl (C=O) groups is 2. The van der Waals surface area contributed by atoms with Crippen LogP contribution in [0.25, 0.3) is 11.3 Å². The molecule has 0 saturated carbocycles. The van der Waals surface area contributed by atoms with E-state index in [1.54, 1.807) is 31.0 Å². The molecule has 3 atom stereocenters. The number of hydrogen-bond acceptors (Lipinski definition) is 8. The highest BCUT2D eigenvalue weighted by molar-refractivity contribution is 6.31. The molecule has 0 spiro atoms. The summed E-state index contributed by atoms with van der Waals surface area (Å²) in [5.74, 6) is 0.340. The van der Waals surface area contributed by atoms with Crippen LogP contribution in [0.4, 0.5) is 4.39 Å². The number of hydrogen-bond donors (Lipinski definition) is 3. The molecule has 15 heteroatoms. The van der Waals surface area contributed by atoms with Gasteiger partial charge in [0.25, 0.3) is 0 Å². The Hall–Kier alpha value is -3.75. The summed E-state index contributed by atoms with van der Waals surface area (Å²) < 4.78 is 29.0. The van der Waals surface area contributed by atoms with Crippen LogP contribution < -0.4 is 20.7 Å². The molecule has 1 saturated heterocycles. The van der Waals surface area contributed by atoms with Crippen molar-refractivity contribution in [3.8, 4) is 22.8 Å². The summed E-state index contributed by atoms with van der Waals surface area (Å²) in [6.45, 7) is 3.76. The van der Waals surface area contributed by atoms with Gasteiger partial charge in [0.2, 0.25) is 11.8 Å². The van der Waals surface area contributed by atoms with Crippen LogP contribution in [0, 0.1) is 5.82 Å². The Morgan fingerprint density at radius 2 is 1.78 bits per heavy atom. The predicted octanol–water partition coefficient (Wildman–Crippen LogP) is 6.24. The molecular weight excluding hydrogens is 768 g/mol. The van der Waals surface area contributed by atoms with Gasteiger partial charge in [-0.05, 0) is 101 Å². The molecule has 1 fully saturated rings. The third kappa shape index (κ3) is 11.2. The molecule has 2 heterocycles. The van der Waals surface area contributed by atoms with Crippen molar-refractivity contribution in [1.29, 1.82) is 0 Å². The highest BCUT2D eigenvalue weighted by atomic mass is 35.5. The first-order valence-corrected chi connectivity index (χ1v) is 18.7. The maximum Gasteiger partial charge on any atom is 0.247 e. The van der Waals surface area contributed by atoms with Crippen molar-refractivity contribution in [2.75, 3.05) is 47.9 Å². The lowest BCUT2D eigenvalue weighted by Crippen LogP contribution is -2.64. The number of amides is 2. The van der Waals surface area contributed by atoms with Crippen molar-refractivity contribution >= 4 is 47.4 Å². The molecule has 3 N–H and O–H groups in total. The zero-order valence-corrected chi connectivity index (χ0v) is 34.5. The lowest BCUT2D eigenvalue weighted by atomic mass is 9.82. The van der Waals surface area contributed by atoms with Gasteiger partial charge in [-0.1, -0.05) is 35.3 Å². The van der Waals surface area contributed by atoms with E-state index < -0.39 is 29.3 Å². The fourth-order valence-corrected chi connectivity index (χ4v) is 7.07. The summed E-state index contributed by atoms with van der Waals surface area (Å²) in [5.41, 5.74) is 2.64. The minimum Gasteiger partial charge on any atom is -0.457 e. The van der Waals surface area contributed by atoms with E-state index in [0.717, 1.165) is 42.0 Å². The Bertz CT molecular complexity index is 1890. The van der Waals surface area contributed by atoms with Crippen LogP contribution >= 0.6 is 35.6 Å². The monoisotopic (exact) mass is 817 g/mol. The quantitative estimate of drug-likeness (QED) is 0.122.